The van der Waals surface area contributed by atoms with Crippen molar-refractivity contribution in [3.05, 3.63) is 48.3 Å². The third kappa shape index (κ3) is 5.77. The molecule has 2 heterocycles. The number of ether oxygens (including phenoxy) is 1. The van der Waals surface area contributed by atoms with E-state index >= 15 is 0 Å². The third-order valence-electron chi connectivity index (χ3n) is 4.85. The van der Waals surface area contributed by atoms with Crippen molar-refractivity contribution < 1.29 is 24.5 Å². The molecule has 166 valence electrons. The molecule has 1 aromatic heterocycles. The van der Waals surface area contributed by atoms with Gasteiger partial charge in [-0.1, -0.05) is 24.3 Å². The average Bonchev–Trinajstić information content (AvgIpc) is 3.13. The summed E-state index contributed by atoms with van der Waals surface area (Å²) in [5, 5.41) is 22.6. The van der Waals surface area contributed by atoms with Gasteiger partial charge in [0.1, 0.15) is 11.6 Å². The Hall–Kier alpha value is -3.04. The zero-order valence-corrected chi connectivity index (χ0v) is 17.9. The molecule has 0 unspecified atom stereocenters. The van der Waals surface area contributed by atoms with Crippen molar-refractivity contribution in [2.45, 2.75) is 51.0 Å². The van der Waals surface area contributed by atoms with Crippen LogP contribution in [0.15, 0.2) is 42.7 Å². The number of aromatic nitrogens is 2. The lowest BCUT2D eigenvalue weighted by molar-refractivity contribution is -0.126. The van der Waals surface area contributed by atoms with Gasteiger partial charge in [0.15, 0.2) is 5.82 Å². The number of β-amino-alcohol motifs (C(OH)–C–C–N with tert-alkyl or cyclic N) is 1. The normalized spacial score (nSPS) is 19.7. The SMILES string of the molecule is CC(C)(C)OC(=O)N1C[C@H](O)C[C@H]1C(=O)N[C@@H](CO)c1ccc(-c2ncccn2)cc1. The lowest BCUT2D eigenvalue weighted by Gasteiger charge is -2.28. The molecule has 2 aromatic rings. The van der Waals surface area contributed by atoms with Gasteiger partial charge < -0.3 is 20.3 Å². The van der Waals surface area contributed by atoms with Gasteiger partial charge in [0.25, 0.3) is 0 Å². The summed E-state index contributed by atoms with van der Waals surface area (Å²) in [4.78, 5) is 35.0. The number of nitrogens with one attached hydrogen (secondary N) is 1. The summed E-state index contributed by atoms with van der Waals surface area (Å²) in [6, 6.07) is 7.37. The fourth-order valence-electron chi connectivity index (χ4n) is 3.40. The van der Waals surface area contributed by atoms with Crippen LogP contribution in [-0.2, 0) is 9.53 Å². The summed E-state index contributed by atoms with van der Waals surface area (Å²) in [5.41, 5.74) is 0.782. The molecule has 3 rings (SSSR count). The van der Waals surface area contributed by atoms with Gasteiger partial charge in [0.2, 0.25) is 5.91 Å². The Kier molecular flexibility index (Phi) is 6.87. The van der Waals surface area contributed by atoms with E-state index in [4.69, 9.17) is 4.74 Å². The second-order valence-electron chi connectivity index (χ2n) is 8.48. The highest BCUT2D eigenvalue weighted by Gasteiger charge is 2.41. The Morgan fingerprint density at radius 3 is 2.45 bits per heavy atom. The molecule has 2 amide bonds. The maximum absolute atomic E-state index is 12.9. The highest BCUT2D eigenvalue weighted by atomic mass is 16.6. The number of amides is 2. The fraction of sp³-hybridized carbons (Fsp3) is 0.455. The number of benzene rings is 1. The van der Waals surface area contributed by atoms with Crippen LogP contribution < -0.4 is 5.32 Å². The van der Waals surface area contributed by atoms with Gasteiger partial charge in [-0.3, -0.25) is 9.69 Å². The van der Waals surface area contributed by atoms with Crippen molar-refractivity contribution >= 4 is 12.0 Å². The minimum Gasteiger partial charge on any atom is -0.444 e. The van der Waals surface area contributed by atoms with Crippen LogP contribution >= 0.6 is 0 Å². The van der Waals surface area contributed by atoms with Crippen LogP contribution in [0.4, 0.5) is 4.79 Å². The number of carbonyl (C=O) groups is 2. The molecule has 0 spiro atoms. The second kappa shape index (κ2) is 9.40. The smallest absolute Gasteiger partial charge is 0.411 e. The van der Waals surface area contributed by atoms with Crippen LogP contribution in [0, 0.1) is 0 Å². The van der Waals surface area contributed by atoms with Crippen LogP contribution in [0.3, 0.4) is 0 Å². The molecular formula is C22H28N4O5. The molecule has 9 heteroatoms. The monoisotopic (exact) mass is 428 g/mol. The van der Waals surface area contributed by atoms with E-state index in [-0.39, 0.29) is 19.6 Å². The largest absolute Gasteiger partial charge is 0.444 e. The minimum atomic E-state index is -0.879. The first-order valence-corrected chi connectivity index (χ1v) is 10.1. The van der Waals surface area contributed by atoms with Crippen LogP contribution in [0.1, 0.15) is 38.8 Å². The number of rotatable bonds is 5. The van der Waals surface area contributed by atoms with E-state index < -0.39 is 35.8 Å². The summed E-state index contributed by atoms with van der Waals surface area (Å²) in [6.45, 7) is 4.90. The van der Waals surface area contributed by atoms with E-state index in [1.54, 1.807) is 51.4 Å². The summed E-state index contributed by atoms with van der Waals surface area (Å²) >= 11 is 0. The summed E-state index contributed by atoms with van der Waals surface area (Å²) < 4.78 is 5.36. The Morgan fingerprint density at radius 1 is 1.23 bits per heavy atom. The topological polar surface area (TPSA) is 125 Å². The zero-order chi connectivity index (χ0) is 22.6. The van der Waals surface area contributed by atoms with Crippen molar-refractivity contribution in [2.75, 3.05) is 13.2 Å². The van der Waals surface area contributed by atoms with Crippen molar-refractivity contribution in [3.8, 4) is 11.4 Å². The van der Waals surface area contributed by atoms with Gasteiger partial charge in [-0.05, 0) is 32.4 Å². The molecular weight excluding hydrogens is 400 g/mol. The maximum Gasteiger partial charge on any atom is 0.411 e. The Bertz CT molecular complexity index is 898. The molecule has 0 radical (unpaired) electrons. The standard InChI is InChI=1S/C22H28N4O5/c1-22(2,3)31-21(30)26-12-16(28)11-18(26)20(29)25-17(13-27)14-5-7-15(8-6-14)19-23-9-4-10-24-19/h4-10,16-18,27-28H,11-13H2,1-3H3,(H,25,29)/t16-,17+,18+/m1/s1. The lowest BCUT2D eigenvalue weighted by Crippen LogP contribution is -2.48. The van der Waals surface area contributed by atoms with Crippen molar-refractivity contribution in [1.29, 1.82) is 0 Å². The van der Waals surface area contributed by atoms with Crippen molar-refractivity contribution in [3.63, 3.8) is 0 Å². The minimum absolute atomic E-state index is 0.0164. The molecule has 1 saturated heterocycles. The lowest BCUT2D eigenvalue weighted by atomic mass is 10.0. The van der Waals surface area contributed by atoms with Gasteiger partial charge in [-0.15, -0.1) is 0 Å². The molecule has 1 aliphatic rings. The van der Waals surface area contributed by atoms with E-state index in [0.717, 1.165) is 5.56 Å². The van der Waals surface area contributed by atoms with Gasteiger partial charge in [0, 0.05) is 24.4 Å². The zero-order valence-electron chi connectivity index (χ0n) is 17.9. The first-order valence-electron chi connectivity index (χ1n) is 10.1. The van der Waals surface area contributed by atoms with Crippen LogP contribution in [0.5, 0.6) is 0 Å². The molecule has 0 aliphatic carbocycles. The molecule has 3 atom stereocenters. The summed E-state index contributed by atoms with van der Waals surface area (Å²) in [5.74, 6) is 0.114. The highest BCUT2D eigenvalue weighted by molar-refractivity contribution is 5.86. The molecule has 31 heavy (non-hydrogen) atoms. The predicted octanol–water partition coefficient (Wildman–Crippen LogP) is 1.66. The van der Waals surface area contributed by atoms with Gasteiger partial charge in [-0.2, -0.15) is 0 Å². The maximum atomic E-state index is 12.9. The van der Waals surface area contributed by atoms with Gasteiger partial charge in [-0.25, -0.2) is 14.8 Å². The highest BCUT2D eigenvalue weighted by Crippen LogP contribution is 2.24. The predicted molar refractivity (Wildman–Crippen MR) is 113 cm³/mol. The number of hydrogen-bond acceptors (Lipinski definition) is 7. The van der Waals surface area contributed by atoms with E-state index in [1.807, 2.05) is 12.1 Å². The van der Waals surface area contributed by atoms with E-state index in [0.29, 0.717) is 11.4 Å². The van der Waals surface area contributed by atoms with Crippen LogP contribution in [0.2, 0.25) is 0 Å². The number of nitrogens with zero attached hydrogens (tertiary/aromatic N) is 3. The molecule has 1 fully saturated rings. The quantitative estimate of drug-likeness (QED) is 0.661. The number of aliphatic hydroxyl groups excluding tert-OH is 2. The fourth-order valence-corrected chi connectivity index (χ4v) is 3.40. The Morgan fingerprint density at radius 2 is 1.87 bits per heavy atom. The van der Waals surface area contributed by atoms with Crippen molar-refractivity contribution in [1.82, 2.24) is 20.2 Å². The van der Waals surface area contributed by atoms with Crippen LogP contribution in [-0.4, -0.2) is 68.0 Å². The number of hydrogen-bond donors (Lipinski definition) is 3. The average molecular weight is 428 g/mol. The van der Waals surface area contributed by atoms with Crippen molar-refractivity contribution in [2.24, 2.45) is 0 Å². The Balaban J connectivity index is 1.70. The molecule has 0 saturated carbocycles. The van der Waals surface area contributed by atoms with E-state index in [2.05, 4.69) is 15.3 Å². The molecule has 1 aliphatic heterocycles. The Labute approximate surface area is 181 Å². The van der Waals surface area contributed by atoms with Gasteiger partial charge >= 0.3 is 6.09 Å². The number of likely N-dealkylation sites (tertiary alicyclic amines) is 1. The molecule has 9 nitrogen and oxygen atoms in total. The first kappa shape index (κ1) is 22.6. The molecule has 0 bridgehead atoms. The summed E-state index contributed by atoms with van der Waals surface area (Å²) in [7, 11) is 0. The van der Waals surface area contributed by atoms with E-state index in [1.165, 1.54) is 4.90 Å². The first-order chi connectivity index (χ1) is 14.7. The number of aliphatic hydroxyl groups is 2. The molecule has 3 N–H and O–H groups in total. The van der Waals surface area contributed by atoms with Gasteiger partial charge in [0.05, 0.1) is 25.3 Å². The summed E-state index contributed by atoms with van der Waals surface area (Å²) in [6.07, 6.45) is 1.94. The van der Waals surface area contributed by atoms with Crippen LogP contribution in [0.25, 0.3) is 11.4 Å². The van der Waals surface area contributed by atoms with E-state index in [9.17, 15) is 19.8 Å². The third-order valence-corrected chi connectivity index (χ3v) is 4.85. The second-order valence-corrected chi connectivity index (χ2v) is 8.48. The number of carbonyl (C=O) groups excluding carboxylic acids is 2. The molecule has 1 aromatic carbocycles.